The molecule has 9 rings (SSSR count). The van der Waals surface area contributed by atoms with Gasteiger partial charge in [0.2, 0.25) is 0 Å². The molecule has 0 saturated heterocycles. The Hall–Kier alpha value is -8.81. The number of aryl methyl sites for hydroxylation is 4. The van der Waals surface area contributed by atoms with Crippen molar-refractivity contribution in [3.05, 3.63) is 274 Å². The minimum absolute atomic E-state index is 0. The van der Waals surface area contributed by atoms with E-state index in [0.717, 1.165) is 39.7 Å². The third-order valence-electron chi connectivity index (χ3n) is 11.3. The Balaban J connectivity index is 0.000000204. The van der Waals surface area contributed by atoms with E-state index in [1.807, 2.05) is 118 Å². The van der Waals surface area contributed by atoms with Gasteiger partial charge in [0.25, 0.3) is 0 Å². The quantitative estimate of drug-likeness (QED) is 0.106. The van der Waals surface area contributed by atoms with Gasteiger partial charge in [0.15, 0.2) is 17.3 Å². The second kappa shape index (κ2) is 26.2. The maximum Gasteiger partial charge on any atom is 0.193 e. The van der Waals surface area contributed by atoms with Crippen molar-refractivity contribution in [1.82, 2.24) is 0 Å². The molecule has 9 aromatic carbocycles. The van der Waals surface area contributed by atoms with Crippen LogP contribution in [0.1, 0.15) is 84.9 Å². The van der Waals surface area contributed by atoms with Crippen molar-refractivity contribution in [3.8, 4) is 45.6 Å². The topological polar surface area (TPSA) is 88.1 Å². The number of ketones is 3. The van der Waals surface area contributed by atoms with Crippen LogP contribution in [0.2, 0.25) is 0 Å². The van der Waals surface area contributed by atoms with Crippen LogP contribution in [-0.4, -0.2) is 31.6 Å². The van der Waals surface area contributed by atoms with E-state index in [2.05, 4.69) is 43.3 Å². The number of benzene rings is 9. The molecule has 0 spiro atoms. The monoisotopic (exact) mass is 954 g/mol. The van der Waals surface area contributed by atoms with E-state index in [0.29, 0.717) is 44.9 Å². The van der Waals surface area contributed by atoms with Crippen molar-refractivity contribution in [1.29, 1.82) is 0 Å². The number of methoxy groups -OCH3 is 2. The van der Waals surface area contributed by atoms with Crippen LogP contribution in [0.25, 0.3) is 11.1 Å². The molecule has 72 heavy (non-hydrogen) atoms. The van der Waals surface area contributed by atoms with E-state index in [1.54, 1.807) is 99.1 Å². The first-order valence-electron chi connectivity index (χ1n) is 22.8. The number of hydrogen-bond donors (Lipinski definition) is 0. The molecule has 0 aliphatic heterocycles. The van der Waals surface area contributed by atoms with Crippen LogP contribution >= 0.6 is 0 Å². The Kier molecular flexibility index (Phi) is 19.7. The van der Waals surface area contributed by atoms with Gasteiger partial charge < -0.3 is 18.9 Å². The Labute approximate surface area is 425 Å². The highest BCUT2D eigenvalue weighted by Gasteiger charge is 2.12. The van der Waals surface area contributed by atoms with Gasteiger partial charge in [-0.1, -0.05) is 134 Å². The van der Waals surface area contributed by atoms with Crippen LogP contribution in [0, 0.1) is 27.7 Å². The molecule has 0 bridgehead atoms. The smallest absolute Gasteiger partial charge is 0.193 e. The highest BCUT2D eigenvalue weighted by Crippen LogP contribution is 2.28. The van der Waals surface area contributed by atoms with E-state index in [1.165, 1.54) is 16.7 Å². The normalized spacial score (nSPS) is 10.0. The van der Waals surface area contributed by atoms with Gasteiger partial charge in [-0.15, -0.1) is 0 Å². The molecule has 0 saturated carbocycles. The lowest BCUT2D eigenvalue weighted by atomic mass is 10.0. The van der Waals surface area contributed by atoms with Crippen LogP contribution in [0.5, 0.6) is 34.5 Å². The van der Waals surface area contributed by atoms with Crippen LogP contribution in [0.4, 0.5) is 0 Å². The van der Waals surface area contributed by atoms with Gasteiger partial charge in [0, 0.05) is 33.4 Å². The molecule has 364 valence electrons. The number of ether oxygens (including phenoxy) is 4. The fourth-order valence-electron chi connectivity index (χ4n) is 7.08. The fourth-order valence-corrected chi connectivity index (χ4v) is 7.08. The molecule has 7 nitrogen and oxygen atoms in total. The summed E-state index contributed by atoms with van der Waals surface area (Å²) in [4.78, 5) is 37.2. The highest BCUT2D eigenvalue weighted by molar-refractivity contribution is 6.10. The third kappa shape index (κ3) is 15.1. The van der Waals surface area contributed by atoms with Gasteiger partial charge in [0.05, 0.1) is 14.2 Å². The zero-order valence-corrected chi connectivity index (χ0v) is 40.1. The molecule has 0 aliphatic carbocycles. The van der Waals surface area contributed by atoms with Crippen molar-refractivity contribution < 1.29 is 33.3 Å². The lowest BCUT2D eigenvalue weighted by molar-refractivity contribution is 0.103. The predicted octanol–water partition coefficient (Wildman–Crippen LogP) is 16.5. The minimum Gasteiger partial charge on any atom is -0.497 e. The summed E-state index contributed by atoms with van der Waals surface area (Å²) in [5.74, 6) is 4.44. The van der Waals surface area contributed by atoms with E-state index in [9.17, 15) is 14.4 Å². The molecule has 0 aromatic heterocycles. The Morgan fingerprint density at radius 1 is 0.250 bits per heavy atom. The molecule has 0 atom stereocenters. The van der Waals surface area contributed by atoms with Gasteiger partial charge in [-0.3, -0.25) is 14.4 Å². The molecule has 0 N–H and O–H groups in total. The summed E-state index contributed by atoms with van der Waals surface area (Å²) in [6.07, 6.45) is 0. The third-order valence-corrected chi connectivity index (χ3v) is 11.3. The summed E-state index contributed by atoms with van der Waals surface area (Å²) in [6.45, 7) is 8.12. The van der Waals surface area contributed by atoms with Crippen molar-refractivity contribution >= 4 is 17.3 Å². The molecule has 0 aliphatic rings. The first-order chi connectivity index (χ1) is 33.9. The first kappa shape index (κ1) is 54.1. The van der Waals surface area contributed by atoms with Crippen LogP contribution in [-0.2, 0) is 0 Å². The fraction of sp³-hybridized carbons (Fsp3) is 0.123. The van der Waals surface area contributed by atoms with Gasteiger partial charge in [-0.05, 0) is 160 Å². The molecule has 7 heteroatoms. The van der Waals surface area contributed by atoms with Crippen molar-refractivity contribution in [3.63, 3.8) is 0 Å². The summed E-state index contributed by atoms with van der Waals surface area (Å²) in [5, 5.41) is 0. The standard InChI is InChI=1S/C27H22O2.C21H18O3.C15H14O2.2CH4/c1-19-3-7-21(8-4-19)22-11-15-25(16-12-22)29-26-17-13-24(14-18-26)27(28)23-9-5-20(2)6-10-23;1-15-3-9-19(10-4-15)24-20-13-7-17(8-14-20)21(22)16-5-11-18(23-2)12-6-16;1-11-3-5-12(6-4-11)15(16)13-7-9-14(17-2)10-8-13;;/h3-18H,1-2H3;3-14H,1-2H3;3-10H,1-2H3;2*1H4. The Bertz CT molecular complexity index is 3100. The summed E-state index contributed by atoms with van der Waals surface area (Å²) < 4.78 is 21.9. The van der Waals surface area contributed by atoms with Gasteiger partial charge in [-0.2, -0.15) is 0 Å². The molecule has 9 aromatic rings. The van der Waals surface area contributed by atoms with E-state index in [-0.39, 0.29) is 32.2 Å². The number of carbonyl (C=O) groups is 3. The molecule has 0 heterocycles. The highest BCUT2D eigenvalue weighted by atomic mass is 16.5. The average Bonchev–Trinajstić information content (AvgIpc) is 3.40. The largest absolute Gasteiger partial charge is 0.497 e. The SMILES string of the molecule is C.C.COc1ccc(C(=O)c2ccc(C)cc2)cc1.COc1ccc(C(=O)c2ccc(Oc3ccc(C)cc3)cc2)cc1.Cc1ccc(C(=O)c2ccc(Oc3ccc(-c4ccc(C)cc4)cc3)cc2)cc1. The number of hydrogen-bond acceptors (Lipinski definition) is 7. The molecule has 0 fully saturated rings. The van der Waals surface area contributed by atoms with Crippen LogP contribution < -0.4 is 18.9 Å². The molecule has 0 amide bonds. The van der Waals surface area contributed by atoms with Crippen molar-refractivity contribution in [2.24, 2.45) is 0 Å². The maximum atomic E-state index is 12.6. The van der Waals surface area contributed by atoms with Gasteiger partial charge in [0.1, 0.15) is 34.5 Å². The molecule has 0 radical (unpaired) electrons. The summed E-state index contributed by atoms with van der Waals surface area (Å²) in [5.41, 5.74) is 11.0. The number of carbonyl (C=O) groups excluding carboxylic acids is 3. The van der Waals surface area contributed by atoms with Gasteiger partial charge >= 0.3 is 0 Å². The zero-order chi connectivity index (χ0) is 49.4. The van der Waals surface area contributed by atoms with E-state index >= 15 is 0 Å². The number of rotatable bonds is 13. The predicted molar refractivity (Wildman–Crippen MR) is 293 cm³/mol. The van der Waals surface area contributed by atoms with Gasteiger partial charge in [-0.25, -0.2) is 0 Å². The Morgan fingerprint density at radius 3 is 0.667 bits per heavy atom. The maximum absolute atomic E-state index is 12.6. The zero-order valence-electron chi connectivity index (χ0n) is 40.1. The van der Waals surface area contributed by atoms with Crippen molar-refractivity contribution in [2.75, 3.05) is 14.2 Å². The molecular formula is C65H62O7. The Morgan fingerprint density at radius 2 is 0.417 bits per heavy atom. The van der Waals surface area contributed by atoms with Crippen LogP contribution in [0.3, 0.4) is 0 Å². The summed E-state index contributed by atoms with van der Waals surface area (Å²) >= 11 is 0. The first-order valence-corrected chi connectivity index (χ1v) is 22.8. The second-order valence-electron chi connectivity index (χ2n) is 16.6. The molecular weight excluding hydrogens is 893 g/mol. The lowest BCUT2D eigenvalue weighted by Gasteiger charge is -2.08. The van der Waals surface area contributed by atoms with Crippen molar-refractivity contribution in [2.45, 2.75) is 42.5 Å². The van der Waals surface area contributed by atoms with E-state index < -0.39 is 0 Å². The summed E-state index contributed by atoms with van der Waals surface area (Å²) in [6, 6.07) is 68.2. The lowest BCUT2D eigenvalue weighted by Crippen LogP contribution is -2.01. The minimum atomic E-state index is -0.0282. The second-order valence-corrected chi connectivity index (χ2v) is 16.6. The van der Waals surface area contributed by atoms with Crippen LogP contribution in [0.15, 0.2) is 218 Å². The molecule has 0 unspecified atom stereocenters. The summed E-state index contributed by atoms with van der Waals surface area (Å²) in [7, 11) is 3.21. The average molecular weight is 955 g/mol. The van der Waals surface area contributed by atoms with E-state index in [4.69, 9.17) is 18.9 Å².